The maximum absolute atomic E-state index is 14.8. The molecule has 2 fully saturated rings. The van der Waals surface area contributed by atoms with Gasteiger partial charge in [0.25, 0.3) is 0 Å². The van der Waals surface area contributed by atoms with E-state index in [1.165, 1.54) is 18.1 Å². The van der Waals surface area contributed by atoms with Crippen LogP contribution in [0.4, 0.5) is 10.1 Å². The standard InChI is InChI=1S/C49H55FN10O6S/c1-29-44(67-28-53-29)32-14-12-30(13-15-32)25-52-47(64)37-24-34(61)27-60(37)48(65)45(49(2,3)4)54-39(62)10-7-11-40(63)59-22-20-58(21-23-59)33-18-16-31(17-19-33)42-43-36(56-57-42)26-51-46(55-43)41-35(50)8-6-9-38(41)66-5/h6,8-9,12-19,26,28,34,37,45,61H,7,10-11,20-25,27H2,1-5H3,(H,52,64)(H,54,62)(H,56,57)/t34-,37+,45-/m1/s1. The molecule has 0 spiro atoms. The number of rotatable bonds is 14. The van der Waals surface area contributed by atoms with E-state index in [0.29, 0.717) is 55.1 Å². The van der Waals surface area contributed by atoms with Gasteiger partial charge in [0, 0.05) is 69.8 Å². The van der Waals surface area contributed by atoms with Crippen molar-refractivity contribution < 1.29 is 33.4 Å². The first kappa shape index (κ1) is 46.7. The average molecular weight is 931 g/mol. The molecule has 16 nitrogen and oxygen atoms in total. The number of methoxy groups -OCH3 is 1. The quantitative estimate of drug-likeness (QED) is 0.102. The van der Waals surface area contributed by atoms with Crippen molar-refractivity contribution >= 4 is 51.7 Å². The summed E-state index contributed by atoms with van der Waals surface area (Å²) in [6.45, 7) is 10.00. The maximum Gasteiger partial charge on any atom is 0.246 e. The summed E-state index contributed by atoms with van der Waals surface area (Å²) in [4.78, 5) is 74.0. The molecular weight excluding hydrogens is 876 g/mol. The Kier molecular flexibility index (Phi) is 13.9. The van der Waals surface area contributed by atoms with E-state index in [2.05, 4.69) is 40.7 Å². The lowest BCUT2D eigenvalue weighted by molar-refractivity contribution is -0.144. The summed E-state index contributed by atoms with van der Waals surface area (Å²) in [6.07, 6.45) is 1.31. The summed E-state index contributed by atoms with van der Waals surface area (Å²) >= 11 is 1.57. The number of aliphatic hydroxyl groups is 1. The highest BCUT2D eigenvalue weighted by molar-refractivity contribution is 7.13. The SMILES string of the molecule is COc1cccc(F)c1-c1ncc2[nH]nc(-c3ccc(N4CCN(C(=O)CCCC(=O)N[C@H](C(=O)N5C[C@H](O)C[C@H]5C(=O)NCc5ccc(-c6scnc6C)cc5)C(C)(C)C)CC4)cc3)c2n1. The van der Waals surface area contributed by atoms with Crippen molar-refractivity contribution in [1.29, 1.82) is 0 Å². The van der Waals surface area contributed by atoms with E-state index in [1.807, 2.05) is 86.6 Å². The van der Waals surface area contributed by atoms with Crippen LogP contribution in [0.15, 0.2) is 78.4 Å². The van der Waals surface area contributed by atoms with Crippen LogP contribution in [0.5, 0.6) is 5.75 Å². The number of thiazole rings is 1. The number of aromatic nitrogens is 5. The number of hydrogen-bond donors (Lipinski definition) is 4. The average Bonchev–Trinajstić information content (AvgIpc) is 4.07. The number of piperazine rings is 1. The first-order valence-electron chi connectivity index (χ1n) is 22.4. The van der Waals surface area contributed by atoms with Gasteiger partial charge >= 0.3 is 0 Å². The zero-order valence-electron chi connectivity index (χ0n) is 38.2. The van der Waals surface area contributed by atoms with E-state index in [9.17, 15) is 28.7 Å². The topological polar surface area (TPSA) is 199 Å². The van der Waals surface area contributed by atoms with E-state index in [4.69, 9.17) is 4.74 Å². The van der Waals surface area contributed by atoms with Crippen LogP contribution in [-0.4, -0.2) is 122 Å². The second-order valence-corrected chi connectivity index (χ2v) is 18.9. The molecule has 4 N–H and O–H groups in total. The highest BCUT2D eigenvalue weighted by atomic mass is 32.1. The van der Waals surface area contributed by atoms with Gasteiger partial charge in [0.15, 0.2) is 5.82 Å². The second-order valence-electron chi connectivity index (χ2n) is 18.1. The van der Waals surface area contributed by atoms with Crippen molar-refractivity contribution in [2.75, 3.05) is 44.7 Å². The van der Waals surface area contributed by atoms with Crippen LogP contribution in [0.1, 0.15) is 57.7 Å². The minimum atomic E-state index is -0.961. The monoisotopic (exact) mass is 930 g/mol. The van der Waals surface area contributed by atoms with Gasteiger partial charge in [-0.15, -0.1) is 11.3 Å². The molecular formula is C49H55FN10O6S. The summed E-state index contributed by atoms with van der Waals surface area (Å²) in [5.74, 6) is -1.20. The summed E-state index contributed by atoms with van der Waals surface area (Å²) in [5, 5.41) is 23.9. The molecule has 4 amide bonds. The smallest absolute Gasteiger partial charge is 0.246 e. The number of fused-ring (bicyclic) bond motifs is 1. The lowest BCUT2D eigenvalue weighted by atomic mass is 9.85. The maximum atomic E-state index is 14.8. The van der Waals surface area contributed by atoms with Crippen molar-refractivity contribution in [2.45, 2.75) is 78.1 Å². The number of nitrogens with one attached hydrogen (secondary N) is 3. The molecule has 2 aliphatic heterocycles. The molecule has 6 aromatic rings. The molecule has 0 aliphatic carbocycles. The summed E-state index contributed by atoms with van der Waals surface area (Å²) in [5.41, 5.74) is 7.72. The molecule has 3 atom stereocenters. The zero-order chi connectivity index (χ0) is 47.4. The highest BCUT2D eigenvalue weighted by Crippen LogP contribution is 2.34. The minimum absolute atomic E-state index is 0.0232. The number of anilines is 1. The molecule has 18 heteroatoms. The van der Waals surface area contributed by atoms with Crippen LogP contribution in [-0.2, 0) is 25.7 Å². The van der Waals surface area contributed by atoms with E-state index >= 15 is 0 Å². The first-order chi connectivity index (χ1) is 32.2. The molecule has 5 heterocycles. The molecule has 0 bridgehead atoms. The Hall–Kier alpha value is -6.79. The number of ether oxygens (including phenoxy) is 1. The van der Waals surface area contributed by atoms with Crippen molar-refractivity contribution in [2.24, 2.45) is 5.41 Å². The third-order valence-electron chi connectivity index (χ3n) is 12.4. The van der Waals surface area contributed by atoms with E-state index in [-0.39, 0.29) is 61.5 Å². The van der Waals surface area contributed by atoms with Crippen LogP contribution in [0.3, 0.4) is 0 Å². The Labute approximate surface area is 392 Å². The van der Waals surface area contributed by atoms with Gasteiger partial charge in [-0.1, -0.05) is 63.2 Å². The Bertz CT molecular complexity index is 2750. The molecule has 2 aliphatic rings. The highest BCUT2D eigenvalue weighted by Gasteiger charge is 2.44. The van der Waals surface area contributed by atoms with Crippen LogP contribution in [0.25, 0.3) is 44.1 Å². The van der Waals surface area contributed by atoms with E-state index in [1.54, 1.807) is 29.7 Å². The van der Waals surface area contributed by atoms with Gasteiger partial charge in [0.2, 0.25) is 23.6 Å². The molecule has 0 unspecified atom stereocenters. The normalized spacial score (nSPS) is 16.9. The zero-order valence-corrected chi connectivity index (χ0v) is 39.0. The Balaban J connectivity index is 0.802. The van der Waals surface area contributed by atoms with Gasteiger partial charge < -0.3 is 35.2 Å². The van der Waals surface area contributed by atoms with Crippen LogP contribution in [0, 0.1) is 18.2 Å². The number of β-amino-alcohol motifs (C(OH)–C–C–N with tert-alkyl or cyclic N) is 1. The van der Waals surface area contributed by atoms with Gasteiger partial charge in [-0.2, -0.15) is 5.10 Å². The molecule has 3 aromatic carbocycles. The third-order valence-corrected chi connectivity index (χ3v) is 13.3. The Morgan fingerprint density at radius 1 is 0.970 bits per heavy atom. The van der Waals surface area contributed by atoms with Crippen LogP contribution < -0.4 is 20.3 Å². The lowest BCUT2D eigenvalue weighted by Gasteiger charge is -2.36. The molecule has 0 radical (unpaired) electrons. The predicted octanol–water partition coefficient (Wildman–Crippen LogP) is 5.89. The first-order valence-corrected chi connectivity index (χ1v) is 23.3. The molecule has 8 rings (SSSR count). The molecule has 2 saturated heterocycles. The number of carbonyl (C=O) groups excluding carboxylic acids is 4. The largest absolute Gasteiger partial charge is 0.496 e. The fraction of sp³-hybridized carbons (Fsp3) is 0.388. The van der Waals surface area contributed by atoms with Crippen molar-refractivity contribution in [3.05, 3.63) is 95.5 Å². The van der Waals surface area contributed by atoms with Gasteiger partial charge in [0.05, 0.1) is 41.1 Å². The van der Waals surface area contributed by atoms with E-state index in [0.717, 1.165) is 32.9 Å². The number of halogens is 1. The minimum Gasteiger partial charge on any atom is -0.496 e. The number of nitrogens with zero attached hydrogens (tertiary/aromatic N) is 7. The predicted molar refractivity (Wildman–Crippen MR) is 253 cm³/mol. The third kappa shape index (κ3) is 10.4. The second kappa shape index (κ2) is 20.0. The van der Waals surface area contributed by atoms with Crippen LogP contribution in [0.2, 0.25) is 0 Å². The van der Waals surface area contributed by atoms with Crippen LogP contribution >= 0.6 is 11.3 Å². The lowest BCUT2D eigenvalue weighted by Crippen LogP contribution is -2.57. The number of amides is 4. The number of benzene rings is 3. The molecule has 0 saturated carbocycles. The van der Waals surface area contributed by atoms with Gasteiger partial charge in [0.1, 0.15) is 40.4 Å². The number of aromatic amines is 1. The number of H-pyrrole nitrogens is 1. The molecule has 350 valence electrons. The number of likely N-dealkylation sites (tertiary alicyclic amines) is 1. The van der Waals surface area contributed by atoms with Crippen molar-refractivity contribution in [1.82, 2.24) is 45.6 Å². The fourth-order valence-electron chi connectivity index (χ4n) is 8.64. The summed E-state index contributed by atoms with van der Waals surface area (Å²) in [6, 6.07) is 18.5. The number of hydrogen-bond acceptors (Lipinski definition) is 12. The van der Waals surface area contributed by atoms with Gasteiger partial charge in [-0.05, 0) is 54.2 Å². The molecule has 67 heavy (non-hydrogen) atoms. The Morgan fingerprint density at radius 2 is 1.70 bits per heavy atom. The van der Waals surface area contributed by atoms with Crippen molar-refractivity contribution in [3.8, 4) is 38.8 Å². The Morgan fingerprint density at radius 3 is 2.39 bits per heavy atom. The fourth-order valence-corrected chi connectivity index (χ4v) is 9.45. The van der Waals surface area contributed by atoms with Gasteiger partial charge in [-0.3, -0.25) is 24.3 Å². The van der Waals surface area contributed by atoms with Gasteiger partial charge in [-0.25, -0.2) is 19.3 Å². The number of aryl methyl sites for hydroxylation is 1. The summed E-state index contributed by atoms with van der Waals surface area (Å²) < 4.78 is 20.2. The summed E-state index contributed by atoms with van der Waals surface area (Å²) in [7, 11) is 1.47. The molecule has 3 aromatic heterocycles. The van der Waals surface area contributed by atoms with E-state index < -0.39 is 35.3 Å². The number of aliphatic hydroxyl groups excluding tert-OH is 1. The number of carbonyl (C=O) groups is 4. The van der Waals surface area contributed by atoms with Crippen molar-refractivity contribution in [3.63, 3.8) is 0 Å².